The number of rotatable bonds is 11. The summed E-state index contributed by atoms with van der Waals surface area (Å²) in [7, 11) is 0. The molecule has 0 radical (unpaired) electrons. The maximum atomic E-state index is 13.1. The first kappa shape index (κ1) is 25.1. The quantitative estimate of drug-likeness (QED) is 0.206. The summed E-state index contributed by atoms with van der Waals surface area (Å²) in [6, 6.07) is -3.25. The van der Waals surface area contributed by atoms with Crippen LogP contribution in [0.3, 0.4) is 0 Å². The summed E-state index contributed by atoms with van der Waals surface area (Å²) in [5.41, 5.74) is 10.9. The molecule has 170 valence electrons. The second-order valence-corrected chi connectivity index (χ2v) is 7.57. The van der Waals surface area contributed by atoms with Crippen LogP contribution in [0.25, 0.3) is 0 Å². The van der Waals surface area contributed by atoms with Gasteiger partial charge in [-0.1, -0.05) is 13.8 Å². The predicted octanol–water partition coefficient (Wildman–Crippen LogP) is -1.91. The van der Waals surface area contributed by atoms with E-state index in [1.807, 2.05) is 0 Å². The number of carbonyl (C=O) groups is 5. The number of hydrogen-bond donors (Lipinski definition) is 6. The predicted molar refractivity (Wildman–Crippen MR) is 107 cm³/mol. The maximum absolute atomic E-state index is 13.1. The standard InChI is InChI=1S/C18H32N6O6/c1-10(2)14(19)16(28)23-11(5-3-7-21-18(20)30)17(29)24-8-4-6-12(24)15(27)22-9-13(25)26/h10-12,14H,3-9,19H2,1-2H3,(H,22,27)(H,23,28)(H,25,26)(H3,20,21,30)/t11-,12-,14-/m0/s1. The van der Waals surface area contributed by atoms with Crippen LogP contribution in [-0.2, 0) is 19.2 Å². The lowest BCUT2D eigenvalue weighted by Crippen LogP contribution is -2.56. The van der Waals surface area contributed by atoms with Crippen LogP contribution < -0.4 is 27.4 Å². The van der Waals surface area contributed by atoms with Crippen molar-refractivity contribution in [1.82, 2.24) is 20.9 Å². The lowest BCUT2D eigenvalue weighted by atomic mass is 10.0. The molecule has 0 aromatic carbocycles. The van der Waals surface area contributed by atoms with Gasteiger partial charge in [0.15, 0.2) is 0 Å². The van der Waals surface area contributed by atoms with Crippen LogP contribution in [0.1, 0.15) is 39.5 Å². The van der Waals surface area contributed by atoms with E-state index in [1.165, 1.54) is 4.90 Å². The first-order chi connectivity index (χ1) is 14.0. The summed E-state index contributed by atoms with van der Waals surface area (Å²) < 4.78 is 0. The number of amides is 5. The van der Waals surface area contributed by atoms with Crippen LogP contribution in [-0.4, -0.2) is 77.5 Å². The highest BCUT2D eigenvalue weighted by molar-refractivity contribution is 5.94. The molecule has 0 bridgehead atoms. The number of hydrogen-bond acceptors (Lipinski definition) is 6. The highest BCUT2D eigenvalue weighted by Crippen LogP contribution is 2.20. The summed E-state index contributed by atoms with van der Waals surface area (Å²) in [6.07, 6.45) is 1.54. The Morgan fingerprint density at radius 3 is 2.40 bits per heavy atom. The van der Waals surface area contributed by atoms with E-state index in [4.69, 9.17) is 16.6 Å². The molecule has 0 saturated carbocycles. The number of urea groups is 1. The van der Waals surface area contributed by atoms with Crippen molar-refractivity contribution >= 4 is 29.7 Å². The number of carbonyl (C=O) groups excluding carboxylic acids is 4. The average molecular weight is 428 g/mol. The van der Waals surface area contributed by atoms with Gasteiger partial charge in [0.1, 0.15) is 18.6 Å². The van der Waals surface area contributed by atoms with Crippen LogP contribution in [0.4, 0.5) is 4.79 Å². The molecule has 1 rings (SSSR count). The second-order valence-electron chi connectivity index (χ2n) is 7.57. The molecule has 1 aliphatic rings. The van der Waals surface area contributed by atoms with Crippen LogP contribution >= 0.6 is 0 Å². The van der Waals surface area contributed by atoms with E-state index in [0.29, 0.717) is 25.8 Å². The Balaban J connectivity index is 2.87. The summed E-state index contributed by atoms with van der Waals surface area (Å²) in [5.74, 6) is -2.82. The first-order valence-electron chi connectivity index (χ1n) is 9.93. The SMILES string of the molecule is CC(C)[C@H](N)C(=O)N[C@@H](CCCNC(N)=O)C(=O)N1CCC[C@H]1C(=O)NCC(=O)O. The third kappa shape index (κ3) is 7.85. The molecular formula is C18H32N6O6. The minimum absolute atomic E-state index is 0.140. The molecule has 1 heterocycles. The number of carboxylic acid groups (broad SMARTS) is 1. The fourth-order valence-corrected chi connectivity index (χ4v) is 3.13. The minimum atomic E-state index is -1.19. The van der Waals surface area contributed by atoms with Crippen molar-refractivity contribution in [3.05, 3.63) is 0 Å². The van der Waals surface area contributed by atoms with Crippen LogP contribution in [0.5, 0.6) is 0 Å². The summed E-state index contributed by atoms with van der Waals surface area (Å²) >= 11 is 0. The molecule has 0 spiro atoms. The van der Waals surface area contributed by atoms with Gasteiger partial charge >= 0.3 is 12.0 Å². The number of aliphatic carboxylic acids is 1. The zero-order chi connectivity index (χ0) is 22.8. The molecule has 0 aromatic rings. The number of primary amides is 1. The highest BCUT2D eigenvalue weighted by Gasteiger charge is 2.38. The molecule has 0 aliphatic carbocycles. The van der Waals surface area contributed by atoms with Crippen LogP contribution in [0, 0.1) is 5.92 Å². The van der Waals surface area contributed by atoms with Gasteiger partial charge in [0.05, 0.1) is 6.04 Å². The van der Waals surface area contributed by atoms with Crippen LogP contribution in [0.15, 0.2) is 0 Å². The third-order valence-corrected chi connectivity index (χ3v) is 4.86. The normalized spacial score (nSPS) is 17.9. The van der Waals surface area contributed by atoms with Crippen molar-refractivity contribution in [2.75, 3.05) is 19.6 Å². The Kier molecular flexibility index (Phi) is 10.0. The second kappa shape index (κ2) is 12.0. The number of carboxylic acids is 1. The number of likely N-dealkylation sites (tertiary alicyclic amines) is 1. The van der Waals surface area contributed by atoms with Gasteiger partial charge in [-0.3, -0.25) is 19.2 Å². The third-order valence-electron chi connectivity index (χ3n) is 4.86. The molecule has 3 atom stereocenters. The topological polar surface area (TPSA) is 197 Å². The van der Waals surface area contributed by atoms with Crippen molar-refractivity contribution in [3.63, 3.8) is 0 Å². The lowest BCUT2D eigenvalue weighted by molar-refractivity contribution is -0.143. The Morgan fingerprint density at radius 1 is 1.17 bits per heavy atom. The van der Waals surface area contributed by atoms with Gasteiger partial charge in [0, 0.05) is 13.1 Å². The van der Waals surface area contributed by atoms with Crippen molar-refractivity contribution in [3.8, 4) is 0 Å². The van der Waals surface area contributed by atoms with Crippen molar-refractivity contribution in [2.45, 2.75) is 57.7 Å². The summed E-state index contributed by atoms with van der Waals surface area (Å²) in [5, 5.41) is 16.1. The molecule has 0 unspecified atom stereocenters. The first-order valence-corrected chi connectivity index (χ1v) is 9.93. The summed E-state index contributed by atoms with van der Waals surface area (Å²) in [4.78, 5) is 60.7. The van der Waals surface area contributed by atoms with Gasteiger partial charge in [0.2, 0.25) is 17.7 Å². The largest absolute Gasteiger partial charge is 0.480 e. The average Bonchev–Trinajstić information content (AvgIpc) is 3.16. The smallest absolute Gasteiger partial charge is 0.322 e. The van der Waals surface area contributed by atoms with Crippen molar-refractivity contribution in [2.24, 2.45) is 17.4 Å². The van der Waals surface area contributed by atoms with E-state index >= 15 is 0 Å². The van der Waals surface area contributed by atoms with Crippen LogP contribution in [0.2, 0.25) is 0 Å². The van der Waals surface area contributed by atoms with Gasteiger partial charge in [-0.05, 0) is 31.6 Å². The van der Waals surface area contributed by atoms with E-state index in [9.17, 15) is 24.0 Å². The van der Waals surface area contributed by atoms with E-state index < -0.39 is 54.4 Å². The number of nitrogens with zero attached hydrogens (tertiary/aromatic N) is 1. The molecule has 0 aromatic heterocycles. The zero-order valence-corrected chi connectivity index (χ0v) is 17.3. The molecule has 1 aliphatic heterocycles. The maximum Gasteiger partial charge on any atom is 0.322 e. The Labute approximate surface area is 175 Å². The summed E-state index contributed by atoms with van der Waals surface area (Å²) in [6.45, 7) is 3.54. The van der Waals surface area contributed by atoms with Gasteiger partial charge in [0.25, 0.3) is 0 Å². The van der Waals surface area contributed by atoms with Gasteiger partial charge in [-0.2, -0.15) is 0 Å². The lowest BCUT2D eigenvalue weighted by Gasteiger charge is -2.29. The molecule has 8 N–H and O–H groups in total. The van der Waals surface area contributed by atoms with Gasteiger partial charge in [-0.25, -0.2) is 4.79 Å². The highest BCUT2D eigenvalue weighted by atomic mass is 16.4. The molecule has 12 heteroatoms. The van der Waals surface area contributed by atoms with Crippen molar-refractivity contribution in [1.29, 1.82) is 0 Å². The Hall–Kier alpha value is -2.89. The fraction of sp³-hybridized carbons (Fsp3) is 0.722. The molecular weight excluding hydrogens is 396 g/mol. The molecule has 1 fully saturated rings. The fourth-order valence-electron chi connectivity index (χ4n) is 3.13. The monoisotopic (exact) mass is 428 g/mol. The van der Waals surface area contributed by atoms with E-state index in [2.05, 4.69) is 16.0 Å². The minimum Gasteiger partial charge on any atom is -0.480 e. The van der Waals surface area contributed by atoms with Gasteiger partial charge < -0.3 is 37.4 Å². The zero-order valence-electron chi connectivity index (χ0n) is 17.3. The number of nitrogens with one attached hydrogen (secondary N) is 3. The van der Waals surface area contributed by atoms with E-state index in [0.717, 1.165) is 0 Å². The molecule has 1 saturated heterocycles. The Bertz CT molecular complexity index is 655. The molecule has 5 amide bonds. The van der Waals surface area contributed by atoms with Gasteiger partial charge in [-0.15, -0.1) is 0 Å². The molecule has 12 nitrogen and oxygen atoms in total. The van der Waals surface area contributed by atoms with Crippen molar-refractivity contribution < 1.29 is 29.1 Å². The van der Waals surface area contributed by atoms with E-state index in [1.54, 1.807) is 13.8 Å². The number of nitrogens with two attached hydrogens (primary N) is 2. The Morgan fingerprint density at radius 2 is 1.83 bits per heavy atom. The molecule has 30 heavy (non-hydrogen) atoms. The van der Waals surface area contributed by atoms with E-state index in [-0.39, 0.29) is 18.9 Å².